The average molecular weight is 92.1 g/mol. The van der Waals surface area contributed by atoms with Gasteiger partial charge in [0, 0.05) is 0 Å². The van der Waals surface area contributed by atoms with Crippen molar-refractivity contribution >= 4 is 6.03 Å². The van der Waals surface area contributed by atoms with Gasteiger partial charge in [-0.25, -0.2) is 4.79 Å². The highest BCUT2D eigenvalue weighted by molar-refractivity contribution is 5.69. The standard InChI is InChI=1S/CH4N2O.H4N2/c2-1(3)4;1-2/h(H4,2,3,4);1-2H2. The number of carbonyl (C=O) groups is 1. The Morgan fingerprint density at radius 3 is 1.17 bits per heavy atom. The van der Waals surface area contributed by atoms with Crippen LogP contribution in [-0.2, 0) is 0 Å². The van der Waals surface area contributed by atoms with Crippen molar-refractivity contribution in [2.75, 3.05) is 0 Å². The third kappa shape index (κ3) is 23.3. The van der Waals surface area contributed by atoms with Gasteiger partial charge < -0.3 is 11.5 Å². The van der Waals surface area contributed by atoms with E-state index in [0.717, 1.165) is 0 Å². The van der Waals surface area contributed by atoms with Gasteiger partial charge in [0.15, 0.2) is 0 Å². The maximum absolute atomic E-state index is 9.00. The van der Waals surface area contributed by atoms with Crippen LogP contribution in [0.5, 0.6) is 0 Å². The quantitative estimate of drug-likeness (QED) is 0.201. The SMILES string of the molecule is NC(N)=O.NN. The fourth-order valence-electron chi connectivity index (χ4n) is 0. The Labute approximate surface area is 35.2 Å². The summed E-state index contributed by atoms with van der Waals surface area (Å²) in [5, 5.41) is 0. The number of nitrogens with two attached hydrogens (primary N) is 4. The first kappa shape index (κ1) is 8.95. The van der Waals surface area contributed by atoms with Crippen LogP contribution in [0.1, 0.15) is 0 Å². The highest BCUT2D eigenvalue weighted by Crippen LogP contribution is 1.25. The summed E-state index contributed by atoms with van der Waals surface area (Å²) in [5.41, 5.74) is 8.50. The van der Waals surface area contributed by atoms with E-state index in [1.807, 2.05) is 0 Å². The third-order valence-electron chi connectivity index (χ3n) is 0. The summed E-state index contributed by atoms with van der Waals surface area (Å²) in [5.74, 6) is 8.00. The number of hydrogen-bond donors (Lipinski definition) is 4. The second kappa shape index (κ2) is 8.89. The molecule has 0 radical (unpaired) electrons. The van der Waals surface area contributed by atoms with Gasteiger partial charge in [-0.05, 0) is 0 Å². The molecule has 2 amide bonds. The molecule has 0 bridgehead atoms. The zero-order chi connectivity index (χ0) is 5.58. The predicted octanol–water partition coefficient (Wildman–Crippen LogP) is -2.16. The minimum atomic E-state index is -0.833. The molecule has 38 valence electrons. The minimum Gasteiger partial charge on any atom is -0.352 e. The number of urea groups is 1. The van der Waals surface area contributed by atoms with Gasteiger partial charge in [0.1, 0.15) is 0 Å². The normalized spacial score (nSPS) is 5.00. The fraction of sp³-hybridized carbons (Fsp3) is 0. The van der Waals surface area contributed by atoms with Crippen molar-refractivity contribution in [3.8, 4) is 0 Å². The van der Waals surface area contributed by atoms with Gasteiger partial charge in [-0.2, -0.15) is 0 Å². The molecule has 0 aromatic carbocycles. The van der Waals surface area contributed by atoms with Crippen molar-refractivity contribution < 1.29 is 4.79 Å². The molecular weight excluding hydrogens is 84.0 g/mol. The van der Waals surface area contributed by atoms with E-state index in [2.05, 4.69) is 23.2 Å². The van der Waals surface area contributed by atoms with E-state index in [-0.39, 0.29) is 0 Å². The molecule has 0 spiro atoms. The Bertz CT molecular complexity index is 30.5. The number of carbonyl (C=O) groups excluding carboxylic acids is 1. The summed E-state index contributed by atoms with van der Waals surface area (Å²) >= 11 is 0. The molecule has 0 aromatic rings. The van der Waals surface area contributed by atoms with E-state index >= 15 is 0 Å². The van der Waals surface area contributed by atoms with E-state index < -0.39 is 6.03 Å². The van der Waals surface area contributed by atoms with Gasteiger partial charge in [0.2, 0.25) is 0 Å². The van der Waals surface area contributed by atoms with Crippen molar-refractivity contribution in [3.63, 3.8) is 0 Å². The highest BCUT2D eigenvalue weighted by atomic mass is 16.2. The van der Waals surface area contributed by atoms with Crippen LogP contribution in [-0.4, -0.2) is 6.03 Å². The Morgan fingerprint density at radius 2 is 1.17 bits per heavy atom. The van der Waals surface area contributed by atoms with Gasteiger partial charge in [-0.15, -0.1) is 0 Å². The molecule has 0 aliphatic heterocycles. The molecule has 0 fully saturated rings. The molecule has 0 heterocycles. The van der Waals surface area contributed by atoms with Gasteiger partial charge in [-0.3, -0.25) is 11.7 Å². The summed E-state index contributed by atoms with van der Waals surface area (Å²) in [6.45, 7) is 0. The third-order valence-corrected chi connectivity index (χ3v) is 0. The van der Waals surface area contributed by atoms with Crippen LogP contribution < -0.4 is 23.2 Å². The molecule has 6 heavy (non-hydrogen) atoms. The fourth-order valence-corrected chi connectivity index (χ4v) is 0. The van der Waals surface area contributed by atoms with Crippen LogP contribution in [0.2, 0.25) is 0 Å². The van der Waals surface area contributed by atoms with Crippen molar-refractivity contribution in [1.82, 2.24) is 0 Å². The second-order valence-corrected chi connectivity index (χ2v) is 0.402. The van der Waals surface area contributed by atoms with Crippen LogP contribution in [0.3, 0.4) is 0 Å². The molecule has 0 atom stereocenters. The zero-order valence-corrected chi connectivity index (χ0v) is 3.22. The number of hydrazine groups is 1. The van der Waals surface area contributed by atoms with Gasteiger partial charge in [0.05, 0.1) is 0 Å². The molecule has 5 heteroatoms. The summed E-state index contributed by atoms with van der Waals surface area (Å²) in [6.07, 6.45) is 0. The molecule has 0 unspecified atom stereocenters. The van der Waals surface area contributed by atoms with E-state index in [1.165, 1.54) is 0 Å². The maximum Gasteiger partial charge on any atom is 0.309 e. The molecule has 0 aliphatic rings. The largest absolute Gasteiger partial charge is 0.352 e. The van der Waals surface area contributed by atoms with Crippen LogP contribution in [0.4, 0.5) is 4.79 Å². The smallest absolute Gasteiger partial charge is 0.309 e. The molecule has 0 aromatic heterocycles. The van der Waals surface area contributed by atoms with E-state index in [9.17, 15) is 0 Å². The molecule has 0 rings (SSSR count). The van der Waals surface area contributed by atoms with Gasteiger partial charge in [-0.1, -0.05) is 0 Å². The first-order valence-corrected chi connectivity index (χ1v) is 1.11. The molecule has 5 nitrogen and oxygen atoms in total. The lowest BCUT2D eigenvalue weighted by molar-refractivity contribution is 0.256. The van der Waals surface area contributed by atoms with Crippen molar-refractivity contribution in [2.45, 2.75) is 0 Å². The topological polar surface area (TPSA) is 121 Å². The predicted molar refractivity (Wildman–Crippen MR) is 22.1 cm³/mol. The highest BCUT2D eigenvalue weighted by Gasteiger charge is 1.60. The first-order valence-electron chi connectivity index (χ1n) is 1.11. The number of rotatable bonds is 0. The lowest BCUT2D eigenvalue weighted by Gasteiger charge is -1.62. The number of amides is 2. The molecule has 8 N–H and O–H groups in total. The van der Waals surface area contributed by atoms with Crippen LogP contribution in [0.15, 0.2) is 0 Å². The van der Waals surface area contributed by atoms with Crippen molar-refractivity contribution in [2.24, 2.45) is 23.2 Å². The molecule has 0 saturated carbocycles. The van der Waals surface area contributed by atoms with E-state index in [1.54, 1.807) is 0 Å². The zero-order valence-electron chi connectivity index (χ0n) is 3.22. The number of primary amides is 2. The second-order valence-electron chi connectivity index (χ2n) is 0.402. The number of hydrogen-bond acceptors (Lipinski definition) is 3. The molecular formula is CH8N4O. The van der Waals surface area contributed by atoms with Gasteiger partial charge >= 0.3 is 6.03 Å². The first-order chi connectivity index (χ1) is 2.73. The Balaban J connectivity index is 0. The minimum absolute atomic E-state index is 0.833. The summed E-state index contributed by atoms with van der Waals surface area (Å²) < 4.78 is 0. The lowest BCUT2D eigenvalue weighted by atomic mass is 11.2. The summed E-state index contributed by atoms with van der Waals surface area (Å²) in [4.78, 5) is 9.00. The average Bonchev–Trinajstić information content (AvgIpc) is 1.41. The Morgan fingerprint density at radius 1 is 1.17 bits per heavy atom. The van der Waals surface area contributed by atoms with Crippen LogP contribution >= 0.6 is 0 Å². The van der Waals surface area contributed by atoms with E-state index in [0.29, 0.717) is 0 Å². The van der Waals surface area contributed by atoms with Crippen LogP contribution in [0, 0.1) is 0 Å². The Kier molecular flexibility index (Phi) is 13.3. The summed E-state index contributed by atoms with van der Waals surface area (Å²) in [6, 6.07) is -0.833. The van der Waals surface area contributed by atoms with Crippen molar-refractivity contribution in [1.29, 1.82) is 0 Å². The Hall–Kier alpha value is -0.810. The van der Waals surface area contributed by atoms with Gasteiger partial charge in [0.25, 0.3) is 0 Å². The molecule has 0 saturated heterocycles. The monoisotopic (exact) mass is 92.1 g/mol. The maximum atomic E-state index is 9.00. The lowest BCUT2D eigenvalue weighted by Crippen LogP contribution is -2.18. The van der Waals surface area contributed by atoms with Crippen molar-refractivity contribution in [3.05, 3.63) is 0 Å². The summed E-state index contributed by atoms with van der Waals surface area (Å²) in [7, 11) is 0. The molecule has 0 aliphatic carbocycles. The van der Waals surface area contributed by atoms with E-state index in [4.69, 9.17) is 4.79 Å². The van der Waals surface area contributed by atoms with Crippen LogP contribution in [0.25, 0.3) is 0 Å².